The number of halogens is 1. The van der Waals surface area contributed by atoms with Gasteiger partial charge in [0.15, 0.2) is 5.69 Å². The molecule has 0 unspecified atom stereocenters. The largest absolute Gasteiger partial charge is 0.350 e. The van der Waals surface area contributed by atoms with Gasteiger partial charge >= 0.3 is 0 Å². The van der Waals surface area contributed by atoms with Crippen LogP contribution in [0.3, 0.4) is 0 Å². The molecule has 1 aromatic carbocycles. The number of hydrogen-bond donors (Lipinski definition) is 1. The number of rotatable bonds is 4. The summed E-state index contributed by atoms with van der Waals surface area (Å²) in [5.41, 5.74) is 1.69. The van der Waals surface area contributed by atoms with Gasteiger partial charge in [0.2, 0.25) is 0 Å². The third kappa shape index (κ3) is 3.71. The molecule has 0 radical (unpaired) electrons. The Morgan fingerprint density at radius 3 is 2.96 bits per heavy atom. The van der Waals surface area contributed by atoms with Gasteiger partial charge in [-0.3, -0.25) is 4.79 Å². The van der Waals surface area contributed by atoms with E-state index in [1.54, 1.807) is 19.1 Å². The van der Waals surface area contributed by atoms with Crippen LogP contribution in [0.5, 0.6) is 0 Å². The minimum atomic E-state index is -0.176. The Hall–Kier alpha value is -1.92. The first-order valence-electron chi connectivity index (χ1n) is 7.69. The number of carbonyl (C=O) groups excluding carboxylic acids is 1. The summed E-state index contributed by atoms with van der Waals surface area (Å²) in [6.45, 7) is 4.57. The number of carbonyl (C=O) groups is 1. The second-order valence-electron chi connectivity index (χ2n) is 6.03. The Morgan fingerprint density at radius 2 is 2.26 bits per heavy atom. The maximum atomic E-state index is 12.3. The van der Waals surface area contributed by atoms with Crippen LogP contribution in [0.15, 0.2) is 24.3 Å². The fraction of sp³-hybridized carbons (Fsp3) is 0.438. The van der Waals surface area contributed by atoms with Crippen molar-refractivity contribution in [2.24, 2.45) is 5.92 Å². The van der Waals surface area contributed by atoms with Crippen molar-refractivity contribution >= 4 is 17.5 Å². The number of likely N-dealkylation sites (tertiary alicyclic amines) is 1. The van der Waals surface area contributed by atoms with E-state index < -0.39 is 0 Å². The van der Waals surface area contributed by atoms with E-state index in [-0.39, 0.29) is 5.91 Å². The Bertz CT molecular complexity index is 714. The van der Waals surface area contributed by atoms with Crippen LogP contribution >= 0.6 is 11.6 Å². The SMILES string of the molecule is Cc1nn(-c2cccc(Cl)c2)nc1C(=O)NC[C@@H]1CCN(C)C1. The molecule has 122 valence electrons. The number of aryl methyl sites for hydroxylation is 1. The Labute approximate surface area is 140 Å². The Kier molecular flexibility index (Phi) is 4.63. The maximum Gasteiger partial charge on any atom is 0.273 e. The lowest BCUT2D eigenvalue weighted by Crippen LogP contribution is -2.31. The molecule has 1 aliphatic heterocycles. The first kappa shape index (κ1) is 16.0. The van der Waals surface area contributed by atoms with E-state index in [9.17, 15) is 4.79 Å². The van der Waals surface area contributed by atoms with Crippen LogP contribution in [0.1, 0.15) is 22.6 Å². The van der Waals surface area contributed by atoms with Gasteiger partial charge in [0.05, 0.1) is 11.4 Å². The van der Waals surface area contributed by atoms with Crippen molar-refractivity contribution in [3.05, 3.63) is 40.7 Å². The van der Waals surface area contributed by atoms with Crippen molar-refractivity contribution in [1.29, 1.82) is 0 Å². The molecule has 2 aromatic rings. The average molecular weight is 334 g/mol. The van der Waals surface area contributed by atoms with Gasteiger partial charge in [-0.2, -0.15) is 9.90 Å². The third-order valence-corrected chi connectivity index (χ3v) is 4.31. The number of nitrogens with zero attached hydrogens (tertiary/aromatic N) is 4. The van der Waals surface area contributed by atoms with Gasteiger partial charge in [-0.25, -0.2) is 0 Å². The molecular weight excluding hydrogens is 314 g/mol. The molecule has 6 nitrogen and oxygen atoms in total. The van der Waals surface area contributed by atoms with E-state index in [2.05, 4.69) is 27.5 Å². The normalized spacial score (nSPS) is 18.3. The molecule has 7 heteroatoms. The molecule has 3 rings (SSSR count). The molecular formula is C16H20ClN5O. The third-order valence-electron chi connectivity index (χ3n) is 4.08. The number of hydrogen-bond acceptors (Lipinski definition) is 4. The first-order chi connectivity index (χ1) is 11.0. The summed E-state index contributed by atoms with van der Waals surface area (Å²) in [5, 5.41) is 12.2. The number of nitrogens with one attached hydrogen (secondary N) is 1. The highest BCUT2D eigenvalue weighted by Crippen LogP contribution is 2.15. The molecule has 0 saturated carbocycles. The summed E-state index contributed by atoms with van der Waals surface area (Å²) in [6.07, 6.45) is 1.12. The molecule has 1 fully saturated rings. The average Bonchev–Trinajstić information content (AvgIpc) is 3.11. The molecule has 1 saturated heterocycles. The summed E-state index contributed by atoms with van der Waals surface area (Å²) in [6, 6.07) is 7.22. The zero-order valence-corrected chi connectivity index (χ0v) is 14.0. The van der Waals surface area contributed by atoms with Gasteiger partial charge in [0.1, 0.15) is 0 Å². The molecule has 0 bridgehead atoms. The highest BCUT2D eigenvalue weighted by molar-refractivity contribution is 6.30. The lowest BCUT2D eigenvalue weighted by atomic mass is 10.1. The molecule has 23 heavy (non-hydrogen) atoms. The predicted octanol–water partition coefficient (Wildman–Crippen LogP) is 1.91. The zero-order chi connectivity index (χ0) is 16.4. The molecule has 1 amide bonds. The van der Waals surface area contributed by atoms with Crippen molar-refractivity contribution < 1.29 is 4.79 Å². The summed E-state index contributed by atoms with van der Waals surface area (Å²) < 4.78 is 0. The summed E-state index contributed by atoms with van der Waals surface area (Å²) >= 11 is 5.99. The molecule has 0 aliphatic carbocycles. The fourth-order valence-corrected chi connectivity index (χ4v) is 3.00. The second kappa shape index (κ2) is 6.68. The molecule has 1 atom stereocenters. The van der Waals surface area contributed by atoms with Crippen LogP contribution in [0.4, 0.5) is 0 Å². The van der Waals surface area contributed by atoms with Crippen LogP contribution in [0.2, 0.25) is 5.02 Å². The molecule has 1 aliphatic rings. The molecule has 1 aromatic heterocycles. The van der Waals surface area contributed by atoms with Crippen LogP contribution in [-0.2, 0) is 0 Å². The Morgan fingerprint density at radius 1 is 1.43 bits per heavy atom. The lowest BCUT2D eigenvalue weighted by molar-refractivity contribution is 0.0941. The number of aromatic nitrogens is 3. The second-order valence-corrected chi connectivity index (χ2v) is 6.47. The molecule has 1 N–H and O–H groups in total. The van der Waals surface area contributed by atoms with Crippen molar-refractivity contribution in [2.75, 3.05) is 26.7 Å². The van der Waals surface area contributed by atoms with Gasteiger partial charge in [0.25, 0.3) is 5.91 Å². The van der Waals surface area contributed by atoms with Crippen LogP contribution in [0, 0.1) is 12.8 Å². The van der Waals surface area contributed by atoms with E-state index in [4.69, 9.17) is 11.6 Å². The van der Waals surface area contributed by atoms with Gasteiger partial charge in [-0.05, 0) is 51.1 Å². The van der Waals surface area contributed by atoms with Crippen molar-refractivity contribution in [2.45, 2.75) is 13.3 Å². The first-order valence-corrected chi connectivity index (χ1v) is 8.07. The number of amides is 1. The summed E-state index contributed by atoms with van der Waals surface area (Å²) in [5.74, 6) is 0.331. The van der Waals surface area contributed by atoms with Gasteiger partial charge in [0, 0.05) is 18.1 Å². The Balaban J connectivity index is 1.69. The van der Waals surface area contributed by atoms with E-state index >= 15 is 0 Å². The summed E-state index contributed by atoms with van der Waals surface area (Å²) in [4.78, 5) is 16.1. The standard InChI is InChI=1S/C16H20ClN5O/c1-11-15(16(23)18-9-12-6-7-21(2)10-12)20-22(19-11)14-5-3-4-13(17)8-14/h3-5,8,12H,6-7,9-10H2,1-2H3,(H,18,23)/t12-/m0/s1. The summed E-state index contributed by atoms with van der Waals surface area (Å²) in [7, 11) is 2.10. The van der Waals surface area contributed by atoms with E-state index in [1.807, 2.05) is 12.1 Å². The van der Waals surface area contributed by atoms with Crippen molar-refractivity contribution in [1.82, 2.24) is 25.2 Å². The van der Waals surface area contributed by atoms with Crippen LogP contribution in [-0.4, -0.2) is 52.5 Å². The molecule has 0 spiro atoms. The van der Waals surface area contributed by atoms with Gasteiger partial charge in [-0.1, -0.05) is 17.7 Å². The zero-order valence-electron chi connectivity index (χ0n) is 13.3. The van der Waals surface area contributed by atoms with Gasteiger partial charge in [-0.15, -0.1) is 5.10 Å². The van der Waals surface area contributed by atoms with E-state index in [0.29, 0.717) is 28.9 Å². The fourth-order valence-electron chi connectivity index (χ4n) is 2.82. The highest BCUT2D eigenvalue weighted by atomic mass is 35.5. The monoisotopic (exact) mass is 333 g/mol. The van der Waals surface area contributed by atoms with Crippen molar-refractivity contribution in [3.63, 3.8) is 0 Å². The highest BCUT2D eigenvalue weighted by Gasteiger charge is 2.22. The van der Waals surface area contributed by atoms with E-state index in [0.717, 1.165) is 25.2 Å². The van der Waals surface area contributed by atoms with Crippen LogP contribution in [0.25, 0.3) is 5.69 Å². The topological polar surface area (TPSA) is 63.1 Å². The smallest absolute Gasteiger partial charge is 0.273 e. The minimum absolute atomic E-state index is 0.176. The van der Waals surface area contributed by atoms with E-state index in [1.165, 1.54) is 4.80 Å². The maximum absolute atomic E-state index is 12.3. The lowest BCUT2D eigenvalue weighted by Gasteiger charge is -2.10. The minimum Gasteiger partial charge on any atom is -0.350 e. The van der Waals surface area contributed by atoms with Crippen molar-refractivity contribution in [3.8, 4) is 5.69 Å². The van der Waals surface area contributed by atoms with Crippen LogP contribution < -0.4 is 5.32 Å². The number of benzene rings is 1. The molecule has 2 heterocycles. The quantitative estimate of drug-likeness (QED) is 0.928. The van der Waals surface area contributed by atoms with Gasteiger partial charge < -0.3 is 10.2 Å². The predicted molar refractivity (Wildman–Crippen MR) is 89.0 cm³/mol.